The molecular formula is C22H24N2O6. The number of carbonyl (C=O) groups is 3. The van der Waals surface area contributed by atoms with Gasteiger partial charge in [-0.2, -0.15) is 5.48 Å². The molecule has 0 aromatic heterocycles. The molecule has 0 saturated heterocycles. The molecule has 1 aliphatic rings. The minimum Gasteiger partial charge on any atom is -0.493 e. The zero-order valence-corrected chi connectivity index (χ0v) is 17.1. The van der Waals surface area contributed by atoms with Crippen LogP contribution in [0.1, 0.15) is 47.8 Å². The number of fused-ring (bicyclic) bond motifs is 1. The third-order valence-electron chi connectivity index (χ3n) is 4.79. The van der Waals surface area contributed by atoms with E-state index in [0.717, 1.165) is 5.56 Å². The highest BCUT2D eigenvalue weighted by Gasteiger charge is 2.35. The van der Waals surface area contributed by atoms with Crippen LogP contribution in [0.4, 0.5) is 0 Å². The van der Waals surface area contributed by atoms with Crippen molar-refractivity contribution in [3.05, 3.63) is 59.2 Å². The molecule has 158 valence electrons. The molecule has 0 fully saturated rings. The van der Waals surface area contributed by atoms with Gasteiger partial charge in [-0.3, -0.25) is 14.4 Å². The minimum absolute atomic E-state index is 0.0924. The van der Waals surface area contributed by atoms with Crippen LogP contribution in [-0.4, -0.2) is 36.4 Å². The molecule has 2 aromatic carbocycles. The Bertz CT molecular complexity index is 958. The van der Waals surface area contributed by atoms with Crippen molar-refractivity contribution >= 4 is 17.8 Å². The van der Waals surface area contributed by atoms with Crippen LogP contribution in [0.25, 0.3) is 0 Å². The first kappa shape index (κ1) is 21.2. The van der Waals surface area contributed by atoms with Crippen LogP contribution >= 0.6 is 0 Å². The van der Waals surface area contributed by atoms with Gasteiger partial charge >= 0.3 is 5.97 Å². The number of methoxy groups -OCH3 is 1. The SMILES string of the molecule is CCOc1cc([C@H](CC(=O)NOC(C)=O)N2Cc3ccccc3C2=O)ccc1OC. The summed E-state index contributed by atoms with van der Waals surface area (Å²) >= 11 is 0. The Morgan fingerprint density at radius 2 is 1.93 bits per heavy atom. The summed E-state index contributed by atoms with van der Waals surface area (Å²) in [5.41, 5.74) is 4.34. The van der Waals surface area contributed by atoms with Crippen LogP contribution in [0.3, 0.4) is 0 Å². The highest BCUT2D eigenvalue weighted by atomic mass is 16.7. The second kappa shape index (κ2) is 9.30. The summed E-state index contributed by atoms with van der Waals surface area (Å²) in [5, 5.41) is 0. The van der Waals surface area contributed by atoms with Crippen molar-refractivity contribution in [2.75, 3.05) is 13.7 Å². The van der Waals surface area contributed by atoms with Crippen LogP contribution < -0.4 is 15.0 Å². The van der Waals surface area contributed by atoms with Gasteiger partial charge in [0, 0.05) is 19.0 Å². The molecule has 30 heavy (non-hydrogen) atoms. The molecule has 8 heteroatoms. The van der Waals surface area contributed by atoms with Gasteiger partial charge < -0.3 is 19.2 Å². The highest BCUT2D eigenvalue weighted by Crippen LogP contribution is 2.37. The Hall–Kier alpha value is -3.55. The van der Waals surface area contributed by atoms with Gasteiger partial charge in [0.25, 0.3) is 11.8 Å². The number of benzene rings is 2. The van der Waals surface area contributed by atoms with Crippen molar-refractivity contribution in [3.63, 3.8) is 0 Å². The van der Waals surface area contributed by atoms with Crippen molar-refractivity contribution in [3.8, 4) is 11.5 Å². The molecule has 8 nitrogen and oxygen atoms in total. The summed E-state index contributed by atoms with van der Waals surface area (Å²) in [4.78, 5) is 42.7. The van der Waals surface area contributed by atoms with E-state index in [4.69, 9.17) is 9.47 Å². The second-order valence-electron chi connectivity index (χ2n) is 6.77. The van der Waals surface area contributed by atoms with E-state index in [9.17, 15) is 14.4 Å². The van der Waals surface area contributed by atoms with Gasteiger partial charge in [0.2, 0.25) is 0 Å². The van der Waals surface area contributed by atoms with Gasteiger partial charge in [0.1, 0.15) is 0 Å². The van der Waals surface area contributed by atoms with Crippen LogP contribution in [0.2, 0.25) is 0 Å². The monoisotopic (exact) mass is 412 g/mol. The number of carbonyl (C=O) groups excluding carboxylic acids is 3. The smallest absolute Gasteiger partial charge is 0.329 e. The number of ether oxygens (including phenoxy) is 2. The standard InChI is InChI=1S/C22H24N2O6/c1-4-29-20-11-15(9-10-19(20)28-3)18(12-21(26)23-30-14(2)25)24-13-16-7-5-6-8-17(16)22(24)27/h5-11,18H,4,12-13H2,1-3H3,(H,23,26)/t18-/m0/s1. The average Bonchev–Trinajstić information content (AvgIpc) is 3.07. The molecule has 0 saturated carbocycles. The maximum Gasteiger partial charge on any atom is 0.329 e. The van der Waals surface area contributed by atoms with Crippen molar-refractivity contribution in [2.45, 2.75) is 32.9 Å². The summed E-state index contributed by atoms with van der Waals surface area (Å²) in [7, 11) is 1.54. The van der Waals surface area contributed by atoms with E-state index in [0.29, 0.717) is 35.8 Å². The molecule has 0 spiro atoms. The number of rotatable bonds is 7. The summed E-state index contributed by atoms with van der Waals surface area (Å²) < 4.78 is 11.0. The van der Waals surface area contributed by atoms with Gasteiger partial charge in [-0.15, -0.1) is 0 Å². The van der Waals surface area contributed by atoms with Gasteiger partial charge in [-0.25, -0.2) is 0 Å². The van der Waals surface area contributed by atoms with Gasteiger partial charge in [-0.05, 0) is 36.2 Å². The van der Waals surface area contributed by atoms with Crippen molar-refractivity contribution in [2.24, 2.45) is 0 Å². The fourth-order valence-corrected chi connectivity index (χ4v) is 3.45. The van der Waals surface area contributed by atoms with E-state index in [1.165, 1.54) is 6.92 Å². The molecule has 1 heterocycles. The third kappa shape index (κ3) is 4.53. The molecule has 0 aliphatic carbocycles. The highest BCUT2D eigenvalue weighted by molar-refractivity contribution is 5.98. The first-order chi connectivity index (χ1) is 14.4. The van der Waals surface area contributed by atoms with Crippen molar-refractivity contribution < 1.29 is 28.7 Å². The summed E-state index contributed by atoms with van der Waals surface area (Å²) in [6.45, 7) is 3.86. The number of hydroxylamine groups is 1. The maximum absolute atomic E-state index is 13.0. The lowest BCUT2D eigenvalue weighted by atomic mass is 10.0. The lowest BCUT2D eigenvalue weighted by Gasteiger charge is -2.28. The normalized spacial score (nSPS) is 13.4. The number of hydrogen-bond donors (Lipinski definition) is 1. The Morgan fingerprint density at radius 1 is 1.17 bits per heavy atom. The summed E-state index contributed by atoms with van der Waals surface area (Å²) in [5.74, 6) is -0.239. The maximum atomic E-state index is 13.0. The quantitative estimate of drug-likeness (QED) is 0.703. The summed E-state index contributed by atoms with van der Waals surface area (Å²) in [6.07, 6.45) is -0.0924. The van der Waals surface area contributed by atoms with Gasteiger partial charge in [0.05, 0.1) is 26.2 Å². The van der Waals surface area contributed by atoms with Crippen LogP contribution in [0.5, 0.6) is 11.5 Å². The Kier molecular flexibility index (Phi) is 6.56. The molecule has 3 rings (SSSR count). The molecular weight excluding hydrogens is 388 g/mol. The predicted octanol–water partition coefficient (Wildman–Crippen LogP) is 2.78. The van der Waals surface area contributed by atoms with Crippen molar-refractivity contribution in [1.29, 1.82) is 0 Å². The molecule has 0 unspecified atom stereocenters. The summed E-state index contributed by atoms with van der Waals surface area (Å²) in [6, 6.07) is 12.1. The molecule has 0 radical (unpaired) electrons. The van der Waals surface area contributed by atoms with E-state index in [1.807, 2.05) is 25.1 Å². The lowest BCUT2D eigenvalue weighted by Crippen LogP contribution is -2.35. The van der Waals surface area contributed by atoms with Gasteiger partial charge in [0.15, 0.2) is 11.5 Å². The lowest BCUT2D eigenvalue weighted by molar-refractivity contribution is -0.156. The van der Waals surface area contributed by atoms with Crippen LogP contribution in [0.15, 0.2) is 42.5 Å². The van der Waals surface area contributed by atoms with E-state index < -0.39 is 17.9 Å². The molecule has 1 atom stereocenters. The third-order valence-corrected chi connectivity index (χ3v) is 4.79. The first-order valence-electron chi connectivity index (χ1n) is 9.60. The molecule has 2 amide bonds. The van der Waals surface area contributed by atoms with Crippen LogP contribution in [0, 0.1) is 0 Å². The van der Waals surface area contributed by atoms with E-state index in [-0.39, 0.29) is 12.3 Å². The number of hydrogen-bond acceptors (Lipinski definition) is 6. The number of nitrogens with zero attached hydrogens (tertiary/aromatic N) is 1. The van der Waals surface area contributed by atoms with E-state index >= 15 is 0 Å². The van der Waals surface area contributed by atoms with E-state index in [1.54, 1.807) is 36.3 Å². The topological polar surface area (TPSA) is 94.2 Å². The Labute approximate surface area is 174 Å². The predicted molar refractivity (Wildman–Crippen MR) is 108 cm³/mol. The molecule has 1 aliphatic heterocycles. The zero-order chi connectivity index (χ0) is 21.7. The van der Waals surface area contributed by atoms with Crippen LogP contribution in [-0.2, 0) is 21.0 Å². The fraction of sp³-hybridized carbons (Fsp3) is 0.318. The Morgan fingerprint density at radius 3 is 2.60 bits per heavy atom. The van der Waals surface area contributed by atoms with Crippen molar-refractivity contribution in [1.82, 2.24) is 10.4 Å². The zero-order valence-electron chi connectivity index (χ0n) is 17.1. The van der Waals surface area contributed by atoms with E-state index in [2.05, 4.69) is 10.3 Å². The first-order valence-corrected chi connectivity index (χ1v) is 9.60. The fourth-order valence-electron chi connectivity index (χ4n) is 3.45. The largest absolute Gasteiger partial charge is 0.493 e. The number of amides is 2. The van der Waals surface area contributed by atoms with Gasteiger partial charge in [-0.1, -0.05) is 24.3 Å². The molecule has 0 bridgehead atoms. The molecule has 2 aromatic rings. The number of nitrogens with one attached hydrogen (secondary N) is 1. The second-order valence-corrected chi connectivity index (χ2v) is 6.77. The molecule has 1 N–H and O–H groups in total. The Balaban J connectivity index is 1.94. The average molecular weight is 412 g/mol. The minimum atomic E-state index is -0.632.